The van der Waals surface area contributed by atoms with Gasteiger partial charge in [-0.3, -0.25) is 9.59 Å². The van der Waals surface area contributed by atoms with Crippen LogP contribution >= 0.6 is 11.3 Å². The number of likely N-dealkylation sites (tertiary alicyclic amines) is 1. The highest BCUT2D eigenvalue weighted by atomic mass is 32.1. The zero-order valence-electron chi connectivity index (χ0n) is 15.0. The predicted octanol–water partition coefficient (Wildman–Crippen LogP) is 2.59. The molecule has 0 aromatic carbocycles. The van der Waals surface area contributed by atoms with Gasteiger partial charge >= 0.3 is 0 Å². The van der Waals surface area contributed by atoms with E-state index in [-0.39, 0.29) is 22.9 Å². The minimum atomic E-state index is -0.262. The molecular formula is C19H20N4O3S. The Hall–Kier alpha value is -2.74. The maximum atomic E-state index is 12.8. The maximum absolute atomic E-state index is 12.8. The van der Waals surface area contributed by atoms with Gasteiger partial charge in [0.25, 0.3) is 11.5 Å². The molecule has 1 fully saturated rings. The van der Waals surface area contributed by atoms with Crippen molar-refractivity contribution in [3.8, 4) is 11.4 Å². The van der Waals surface area contributed by atoms with Crippen LogP contribution < -0.4 is 5.56 Å². The lowest BCUT2D eigenvalue weighted by atomic mass is 9.94. The highest BCUT2D eigenvalue weighted by Gasteiger charge is 2.27. The number of hydrogen-bond donors (Lipinski definition) is 0. The maximum Gasteiger partial charge on any atom is 0.263 e. The Balaban J connectivity index is 1.44. The van der Waals surface area contributed by atoms with Gasteiger partial charge in [0.15, 0.2) is 0 Å². The van der Waals surface area contributed by atoms with Gasteiger partial charge in [-0.15, -0.1) is 0 Å². The minimum Gasteiger partial charge on any atom is -0.339 e. The van der Waals surface area contributed by atoms with Gasteiger partial charge in [0, 0.05) is 43.7 Å². The number of carbonyl (C=O) groups is 1. The van der Waals surface area contributed by atoms with Gasteiger partial charge < -0.3 is 14.0 Å². The summed E-state index contributed by atoms with van der Waals surface area (Å²) in [5.41, 5.74) is 0.912. The first-order valence-electron chi connectivity index (χ1n) is 8.92. The van der Waals surface area contributed by atoms with E-state index in [0.717, 1.165) is 18.4 Å². The molecule has 0 bridgehead atoms. The lowest BCUT2D eigenvalue weighted by Crippen LogP contribution is -2.42. The molecule has 140 valence electrons. The Labute approximate surface area is 160 Å². The van der Waals surface area contributed by atoms with Gasteiger partial charge in [-0.05, 0) is 42.3 Å². The molecule has 0 spiro atoms. The number of nitrogens with zero attached hydrogens (tertiary/aromatic N) is 4. The molecule has 0 radical (unpaired) electrons. The quantitative estimate of drug-likeness (QED) is 0.691. The summed E-state index contributed by atoms with van der Waals surface area (Å²) in [7, 11) is 1.65. The van der Waals surface area contributed by atoms with E-state index >= 15 is 0 Å². The van der Waals surface area contributed by atoms with Gasteiger partial charge in [-0.2, -0.15) is 16.3 Å². The standard InChI is InChI=1S/C19H20N4O3S/c1-22-7-3-5-15(18(22)24)19(25)23-8-2-4-13(11-23)10-16-20-17(21-26-16)14-6-9-27-12-14/h3,5-7,9,12-13H,2,4,8,10-11H2,1H3. The Bertz CT molecular complexity index is 993. The van der Waals surface area contributed by atoms with Crippen molar-refractivity contribution in [1.29, 1.82) is 0 Å². The number of aromatic nitrogens is 3. The molecule has 1 atom stereocenters. The van der Waals surface area contributed by atoms with E-state index < -0.39 is 0 Å². The average Bonchev–Trinajstić information content (AvgIpc) is 3.35. The zero-order chi connectivity index (χ0) is 18.8. The van der Waals surface area contributed by atoms with Crippen molar-refractivity contribution in [2.24, 2.45) is 13.0 Å². The second-order valence-electron chi connectivity index (χ2n) is 6.83. The number of hydrogen-bond acceptors (Lipinski definition) is 6. The van der Waals surface area contributed by atoms with Crippen LogP contribution in [0.15, 0.2) is 44.5 Å². The zero-order valence-corrected chi connectivity index (χ0v) is 15.8. The van der Waals surface area contributed by atoms with Crippen LogP contribution in [0.1, 0.15) is 29.1 Å². The summed E-state index contributed by atoms with van der Waals surface area (Å²) in [5, 5.41) is 8.00. The van der Waals surface area contributed by atoms with Crippen molar-refractivity contribution in [3.05, 3.63) is 57.0 Å². The second-order valence-corrected chi connectivity index (χ2v) is 7.61. The van der Waals surface area contributed by atoms with E-state index in [1.807, 2.05) is 16.8 Å². The Morgan fingerprint density at radius 1 is 1.41 bits per heavy atom. The Morgan fingerprint density at radius 3 is 3.11 bits per heavy atom. The molecule has 1 amide bonds. The first kappa shape index (κ1) is 17.7. The van der Waals surface area contributed by atoms with Crippen molar-refractivity contribution in [2.75, 3.05) is 13.1 Å². The summed E-state index contributed by atoms with van der Waals surface area (Å²) >= 11 is 1.59. The summed E-state index contributed by atoms with van der Waals surface area (Å²) in [6.07, 6.45) is 4.17. The normalized spacial score (nSPS) is 17.2. The van der Waals surface area contributed by atoms with Crippen molar-refractivity contribution in [2.45, 2.75) is 19.3 Å². The van der Waals surface area contributed by atoms with E-state index in [9.17, 15) is 9.59 Å². The Kier molecular flexibility index (Phi) is 4.89. The largest absolute Gasteiger partial charge is 0.339 e. The fourth-order valence-corrected chi connectivity index (χ4v) is 4.07. The molecule has 4 heterocycles. The molecule has 0 aliphatic carbocycles. The number of piperidine rings is 1. The van der Waals surface area contributed by atoms with Crippen LogP contribution in [0.3, 0.4) is 0 Å². The topological polar surface area (TPSA) is 81.2 Å². The monoisotopic (exact) mass is 384 g/mol. The predicted molar refractivity (Wildman–Crippen MR) is 102 cm³/mol. The van der Waals surface area contributed by atoms with Crippen LogP contribution in [-0.2, 0) is 13.5 Å². The Morgan fingerprint density at radius 2 is 2.30 bits per heavy atom. The fraction of sp³-hybridized carbons (Fsp3) is 0.368. The molecule has 4 rings (SSSR count). The van der Waals surface area contributed by atoms with Crippen LogP contribution in [0.5, 0.6) is 0 Å². The summed E-state index contributed by atoms with van der Waals surface area (Å²) in [6.45, 7) is 1.25. The second kappa shape index (κ2) is 7.48. The van der Waals surface area contributed by atoms with E-state index in [1.54, 1.807) is 41.6 Å². The number of aryl methyl sites for hydroxylation is 1. The lowest BCUT2D eigenvalue weighted by Gasteiger charge is -2.32. The molecule has 1 saturated heterocycles. The first-order chi connectivity index (χ1) is 13.1. The van der Waals surface area contributed by atoms with Gasteiger partial charge in [-0.25, -0.2) is 0 Å². The molecule has 3 aromatic rings. The van der Waals surface area contributed by atoms with Crippen molar-refractivity contribution in [1.82, 2.24) is 19.6 Å². The van der Waals surface area contributed by atoms with Gasteiger partial charge in [0.2, 0.25) is 11.7 Å². The van der Waals surface area contributed by atoms with Crippen LogP contribution in [0, 0.1) is 5.92 Å². The molecule has 27 heavy (non-hydrogen) atoms. The van der Waals surface area contributed by atoms with Crippen LogP contribution in [-0.4, -0.2) is 38.6 Å². The molecule has 7 nitrogen and oxygen atoms in total. The summed E-state index contributed by atoms with van der Waals surface area (Å²) in [4.78, 5) is 31.3. The van der Waals surface area contributed by atoms with E-state index in [1.165, 1.54) is 4.57 Å². The third-order valence-electron chi connectivity index (χ3n) is 4.87. The highest BCUT2D eigenvalue weighted by Crippen LogP contribution is 2.23. The fourth-order valence-electron chi connectivity index (χ4n) is 3.44. The number of thiophene rings is 1. The van der Waals surface area contributed by atoms with E-state index in [0.29, 0.717) is 31.2 Å². The minimum absolute atomic E-state index is 0.203. The van der Waals surface area contributed by atoms with E-state index in [2.05, 4.69) is 10.1 Å². The third kappa shape index (κ3) is 3.71. The average molecular weight is 384 g/mol. The molecule has 1 aliphatic rings. The number of amides is 1. The van der Waals surface area contributed by atoms with Gasteiger partial charge in [0.1, 0.15) is 5.56 Å². The van der Waals surface area contributed by atoms with Crippen molar-refractivity contribution in [3.63, 3.8) is 0 Å². The molecule has 8 heteroatoms. The highest BCUT2D eigenvalue weighted by molar-refractivity contribution is 7.08. The molecule has 3 aromatic heterocycles. The third-order valence-corrected chi connectivity index (χ3v) is 5.55. The SMILES string of the molecule is Cn1cccc(C(=O)N2CCCC(Cc3nc(-c4ccsc4)no3)C2)c1=O. The van der Waals surface area contributed by atoms with E-state index in [4.69, 9.17) is 4.52 Å². The first-order valence-corrected chi connectivity index (χ1v) is 9.86. The number of carbonyl (C=O) groups excluding carboxylic acids is 1. The molecule has 0 saturated carbocycles. The summed E-state index contributed by atoms with van der Waals surface area (Å²) in [5.74, 6) is 1.23. The molecule has 0 N–H and O–H groups in total. The molecular weight excluding hydrogens is 364 g/mol. The van der Waals surface area contributed by atoms with Crippen LogP contribution in [0.25, 0.3) is 11.4 Å². The number of rotatable bonds is 4. The molecule has 1 unspecified atom stereocenters. The van der Waals surface area contributed by atoms with Crippen molar-refractivity contribution >= 4 is 17.2 Å². The summed E-state index contributed by atoms with van der Waals surface area (Å²) in [6, 6.07) is 5.28. The summed E-state index contributed by atoms with van der Waals surface area (Å²) < 4.78 is 6.82. The number of pyridine rings is 1. The lowest BCUT2D eigenvalue weighted by molar-refractivity contribution is 0.0665. The molecule has 1 aliphatic heterocycles. The van der Waals surface area contributed by atoms with Gasteiger partial charge in [-0.1, -0.05) is 5.16 Å². The smallest absolute Gasteiger partial charge is 0.263 e. The van der Waals surface area contributed by atoms with Crippen molar-refractivity contribution < 1.29 is 9.32 Å². The van der Waals surface area contributed by atoms with Crippen LogP contribution in [0.4, 0.5) is 0 Å². The van der Waals surface area contributed by atoms with Gasteiger partial charge in [0.05, 0.1) is 0 Å². The van der Waals surface area contributed by atoms with Crippen LogP contribution in [0.2, 0.25) is 0 Å².